The Kier molecular flexibility index (Phi) is 2.92. The minimum absolute atomic E-state index is 0.288. The molecule has 5 nitrogen and oxygen atoms in total. The van der Waals surface area contributed by atoms with E-state index in [0.717, 1.165) is 13.1 Å². The third-order valence-electron chi connectivity index (χ3n) is 4.51. The van der Waals surface area contributed by atoms with Gasteiger partial charge in [0.25, 0.3) is 0 Å². The van der Waals surface area contributed by atoms with Crippen LogP contribution in [-0.2, 0) is 10.0 Å². The SMILES string of the molecule is CC1(C)C2CNCC2CN1S(=O)(=O)c1cccnc1. The van der Waals surface area contributed by atoms with Crippen molar-refractivity contribution < 1.29 is 8.42 Å². The van der Waals surface area contributed by atoms with Crippen molar-refractivity contribution in [2.45, 2.75) is 24.3 Å². The molecule has 2 aliphatic rings. The van der Waals surface area contributed by atoms with Crippen LogP contribution in [0.15, 0.2) is 29.4 Å². The van der Waals surface area contributed by atoms with Crippen LogP contribution in [-0.4, -0.2) is 42.9 Å². The highest BCUT2D eigenvalue weighted by atomic mass is 32.2. The molecule has 0 spiro atoms. The lowest BCUT2D eigenvalue weighted by Gasteiger charge is -2.34. The molecule has 0 aromatic carbocycles. The third kappa shape index (κ3) is 1.89. The Hall–Kier alpha value is -0.980. The fourth-order valence-electron chi connectivity index (χ4n) is 3.42. The number of aromatic nitrogens is 1. The summed E-state index contributed by atoms with van der Waals surface area (Å²) in [5.41, 5.74) is -0.344. The van der Waals surface area contributed by atoms with Crippen LogP contribution in [0.25, 0.3) is 0 Å². The van der Waals surface area contributed by atoms with Crippen LogP contribution in [0.3, 0.4) is 0 Å². The number of rotatable bonds is 2. The van der Waals surface area contributed by atoms with Crippen LogP contribution >= 0.6 is 0 Å². The van der Waals surface area contributed by atoms with E-state index in [1.54, 1.807) is 22.6 Å². The van der Waals surface area contributed by atoms with E-state index in [1.807, 2.05) is 13.8 Å². The van der Waals surface area contributed by atoms with Gasteiger partial charge in [-0.2, -0.15) is 4.31 Å². The molecule has 2 unspecified atom stereocenters. The van der Waals surface area contributed by atoms with Crippen LogP contribution in [0, 0.1) is 11.8 Å². The van der Waals surface area contributed by atoms with Crippen LogP contribution < -0.4 is 5.32 Å². The smallest absolute Gasteiger partial charge is 0.245 e. The fourth-order valence-corrected chi connectivity index (χ4v) is 5.26. The molecule has 2 atom stereocenters. The van der Waals surface area contributed by atoms with Crippen molar-refractivity contribution in [3.8, 4) is 0 Å². The maximum absolute atomic E-state index is 12.7. The zero-order valence-electron chi connectivity index (χ0n) is 11.2. The summed E-state index contributed by atoms with van der Waals surface area (Å²) in [7, 11) is -3.45. The van der Waals surface area contributed by atoms with Crippen LogP contribution in [0.1, 0.15) is 13.8 Å². The molecule has 0 saturated carbocycles. The Morgan fingerprint density at radius 1 is 1.42 bits per heavy atom. The van der Waals surface area contributed by atoms with Gasteiger partial charge in [0.2, 0.25) is 10.0 Å². The second-order valence-electron chi connectivity index (χ2n) is 5.90. The van der Waals surface area contributed by atoms with Gasteiger partial charge in [-0.15, -0.1) is 0 Å². The van der Waals surface area contributed by atoms with E-state index in [4.69, 9.17) is 0 Å². The Balaban J connectivity index is 1.99. The maximum atomic E-state index is 12.7. The summed E-state index contributed by atoms with van der Waals surface area (Å²) in [5, 5.41) is 3.36. The fraction of sp³-hybridized carbons (Fsp3) is 0.615. The molecule has 6 heteroatoms. The summed E-state index contributed by atoms with van der Waals surface area (Å²) in [6.45, 7) is 6.46. The Labute approximate surface area is 114 Å². The second kappa shape index (κ2) is 4.26. The van der Waals surface area contributed by atoms with Gasteiger partial charge in [-0.25, -0.2) is 8.42 Å². The van der Waals surface area contributed by atoms with E-state index < -0.39 is 10.0 Å². The molecule has 1 aromatic heterocycles. The molecule has 1 aromatic rings. The molecule has 0 bridgehead atoms. The van der Waals surface area contributed by atoms with Crippen LogP contribution in [0.5, 0.6) is 0 Å². The molecular formula is C13H19N3O2S. The van der Waals surface area contributed by atoms with Crippen molar-refractivity contribution in [2.75, 3.05) is 19.6 Å². The van der Waals surface area contributed by atoms with Crippen molar-refractivity contribution >= 4 is 10.0 Å². The average molecular weight is 281 g/mol. The lowest BCUT2D eigenvalue weighted by atomic mass is 9.85. The third-order valence-corrected chi connectivity index (χ3v) is 6.55. The lowest BCUT2D eigenvalue weighted by molar-refractivity contribution is 0.233. The standard InChI is InChI=1S/C13H19N3O2S/c1-13(2)12-8-15-6-10(12)9-16(13)19(17,18)11-4-3-5-14-7-11/h3-5,7,10,12,15H,6,8-9H2,1-2H3. The second-order valence-corrected chi connectivity index (χ2v) is 7.77. The summed E-state index contributed by atoms with van der Waals surface area (Å²) >= 11 is 0. The van der Waals surface area contributed by atoms with Gasteiger partial charge in [-0.3, -0.25) is 4.98 Å². The van der Waals surface area contributed by atoms with E-state index in [0.29, 0.717) is 18.4 Å². The molecule has 3 heterocycles. The Morgan fingerprint density at radius 2 is 2.21 bits per heavy atom. The van der Waals surface area contributed by atoms with E-state index in [-0.39, 0.29) is 10.4 Å². The number of sulfonamides is 1. The zero-order chi connectivity index (χ0) is 13.7. The molecule has 19 heavy (non-hydrogen) atoms. The van der Waals surface area contributed by atoms with Gasteiger partial charge in [0, 0.05) is 31.0 Å². The van der Waals surface area contributed by atoms with Crippen LogP contribution in [0.2, 0.25) is 0 Å². The molecule has 3 rings (SSSR count). The Bertz CT molecular complexity index is 571. The predicted octanol–water partition coefficient (Wildman–Crippen LogP) is 0.700. The zero-order valence-corrected chi connectivity index (χ0v) is 12.0. The normalized spacial score (nSPS) is 30.4. The van der Waals surface area contributed by atoms with Gasteiger partial charge in [-0.05, 0) is 44.4 Å². The first-order valence-corrected chi connectivity index (χ1v) is 8.01. The minimum Gasteiger partial charge on any atom is -0.316 e. The predicted molar refractivity (Wildman–Crippen MR) is 72.1 cm³/mol. The summed E-state index contributed by atoms with van der Waals surface area (Å²) in [4.78, 5) is 4.21. The molecule has 0 aliphatic carbocycles. The number of hydrogen-bond acceptors (Lipinski definition) is 4. The summed E-state index contributed by atoms with van der Waals surface area (Å²) < 4.78 is 27.2. The Morgan fingerprint density at radius 3 is 2.84 bits per heavy atom. The first kappa shape index (κ1) is 13.0. The largest absolute Gasteiger partial charge is 0.316 e. The van der Waals surface area contributed by atoms with Crippen LogP contribution in [0.4, 0.5) is 0 Å². The molecule has 0 radical (unpaired) electrons. The van der Waals surface area contributed by atoms with Crippen molar-refractivity contribution in [3.63, 3.8) is 0 Å². The summed E-state index contributed by atoms with van der Waals surface area (Å²) in [6.07, 6.45) is 3.02. The molecule has 2 fully saturated rings. The van der Waals surface area contributed by atoms with Gasteiger partial charge < -0.3 is 5.32 Å². The van der Waals surface area contributed by atoms with Crippen molar-refractivity contribution in [1.29, 1.82) is 0 Å². The van der Waals surface area contributed by atoms with Crippen molar-refractivity contribution in [3.05, 3.63) is 24.5 Å². The summed E-state index contributed by atoms with van der Waals surface area (Å²) in [6, 6.07) is 3.28. The number of nitrogens with one attached hydrogen (secondary N) is 1. The first-order valence-electron chi connectivity index (χ1n) is 6.57. The quantitative estimate of drug-likeness (QED) is 0.867. The average Bonchev–Trinajstić information content (AvgIpc) is 2.93. The topological polar surface area (TPSA) is 62.3 Å². The van der Waals surface area contributed by atoms with Gasteiger partial charge in [0.05, 0.1) is 0 Å². The highest BCUT2D eigenvalue weighted by molar-refractivity contribution is 7.89. The van der Waals surface area contributed by atoms with E-state index in [2.05, 4.69) is 10.3 Å². The van der Waals surface area contributed by atoms with Gasteiger partial charge in [0.15, 0.2) is 0 Å². The molecular weight excluding hydrogens is 262 g/mol. The monoisotopic (exact) mass is 281 g/mol. The number of pyridine rings is 1. The highest BCUT2D eigenvalue weighted by Crippen LogP contribution is 2.43. The van der Waals surface area contributed by atoms with E-state index >= 15 is 0 Å². The highest BCUT2D eigenvalue weighted by Gasteiger charge is 2.54. The first-order chi connectivity index (χ1) is 8.94. The number of hydrogen-bond donors (Lipinski definition) is 1. The molecule has 2 aliphatic heterocycles. The van der Waals surface area contributed by atoms with Crippen molar-refractivity contribution in [1.82, 2.24) is 14.6 Å². The number of nitrogens with zero attached hydrogens (tertiary/aromatic N) is 2. The summed E-state index contributed by atoms with van der Waals surface area (Å²) in [5.74, 6) is 0.806. The molecule has 104 valence electrons. The molecule has 0 amide bonds. The van der Waals surface area contributed by atoms with E-state index in [9.17, 15) is 8.42 Å². The minimum atomic E-state index is -3.45. The molecule has 1 N–H and O–H groups in total. The molecule has 2 saturated heterocycles. The van der Waals surface area contributed by atoms with E-state index in [1.165, 1.54) is 6.20 Å². The van der Waals surface area contributed by atoms with Crippen molar-refractivity contribution in [2.24, 2.45) is 11.8 Å². The maximum Gasteiger partial charge on any atom is 0.245 e. The lowest BCUT2D eigenvalue weighted by Crippen LogP contribution is -2.47. The van der Waals surface area contributed by atoms with Gasteiger partial charge in [0.1, 0.15) is 4.90 Å². The number of fused-ring (bicyclic) bond motifs is 1. The van der Waals surface area contributed by atoms with Gasteiger partial charge in [-0.1, -0.05) is 0 Å². The van der Waals surface area contributed by atoms with Gasteiger partial charge >= 0.3 is 0 Å².